The third-order valence-electron chi connectivity index (χ3n) is 3.33. The number of aliphatic carboxylic acids is 1. The van der Waals surface area contributed by atoms with Gasteiger partial charge in [-0.1, -0.05) is 0 Å². The number of rotatable bonds is 6. The number of amides is 1. The van der Waals surface area contributed by atoms with E-state index < -0.39 is 35.0 Å². The molecule has 0 aliphatic carbocycles. The summed E-state index contributed by atoms with van der Waals surface area (Å²) in [4.78, 5) is 22.5. The van der Waals surface area contributed by atoms with E-state index in [1.165, 1.54) is 0 Å². The Kier molecular flexibility index (Phi) is 10.9. The summed E-state index contributed by atoms with van der Waals surface area (Å²) in [5, 5.41) is 26.8. The van der Waals surface area contributed by atoms with Gasteiger partial charge in [0.15, 0.2) is 0 Å². The lowest BCUT2D eigenvalue weighted by atomic mass is 10.1. The van der Waals surface area contributed by atoms with E-state index >= 15 is 0 Å². The molecule has 0 saturated carbocycles. The second-order valence-electron chi connectivity index (χ2n) is 5.63. The molecule has 0 saturated heterocycles. The molecule has 14 nitrogen and oxygen atoms in total. The number of carboxylic acid groups (broad SMARTS) is 1. The first-order chi connectivity index (χ1) is 15.2. The fourth-order valence-electron chi connectivity index (χ4n) is 2.22. The second-order valence-corrected chi connectivity index (χ2v) is 5.90. The second kappa shape index (κ2) is 13.4. The fraction of sp³-hybridized carbons (Fsp3) is 0.250. The lowest BCUT2D eigenvalue weighted by molar-refractivity contribution is -0.138. The maximum Gasteiger partial charge on any atom is 0.335 e. The summed E-state index contributed by atoms with van der Waals surface area (Å²) in [6.45, 7) is 3.33. The molecule has 3 rings (SSSR count). The number of nitrogens with zero attached hydrogens (tertiary/aromatic N) is 4. The van der Waals surface area contributed by atoms with Gasteiger partial charge in [0.1, 0.15) is 0 Å². The molecule has 1 amide bonds. The molecule has 0 spiro atoms. The predicted molar refractivity (Wildman–Crippen MR) is 106 cm³/mol. The van der Waals surface area contributed by atoms with Crippen molar-refractivity contribution in [3.05, 3.63) is 30.0 Å². The molecule has 0 fully saturated rings. The standard InChI is InChI=1S/C16H15N5O5.2O2S/c1-8-18-20-15(25-8)10-5-11(16-21-19-9(2)26-16)7-12(6-10)17-13(22)3-4-14(23)24;2*1-3-2/h5-7H,3-4H2,1-2H3,(H,17,22)(H,23,24);;. The van der Waals surface area contributed by atoms with Crippen LogP contribution in [-0.2, 0) is 32.7 Å². The molecule has 0 aliphatic heterocycles. The van der Waals surface area contributed by atoms with E-state index in [9.17, 15) is 9.59 Å². The number of carboxylic acids is 1. The van der Waals surface area contributed by atoms with Gasteiger partial charge in [-0.2, -0.15) is 16.8 Å². The van der Waals surface area contributed by atoms with Gasteiger partial charge in [0, 0.05) is 37.1 Å². The summed E-state index contributed by atoms with van der Waals surface area (Å²) in [6, 6.07) is 4.99. The van der Waals surface area contributed by atoms with Gasteiger partial charge in [-0.15, -0.1) is 20.4 Å². The fourth-order valence-corrected chi connectivity index (χ4v) is 2.22. The quantitative estimate of drug-likeness (QED) is 0.496. The van der Waals surface area contributed by atoms with Gasteiger partial charge in [0.2, 0.25) is 29.5 Å². The van der Waals surface area contributed by atoms with Crippen molar-refractivity contribution in [3.8, 4) is 22.9 Å². The highest BCUT2D eigenvalue weighted by molar-refractivity contribution is 7.51. The van der Waals surface area contributed by atoms with E-state index in [1.54, 1.807) is 32.0 Å². The van der Waals surface area contributed by atoms with E-state index in [-0.39, 0.29) is 24.6 Å². The Hall–Kier alpha value is -3.92. The highest BCUT2D eigenvalue weighted by Gasteiger charge is 2.15. The molecule has 0 radical (unpaired) electrons. The van der Waals surface area contributed by atoms with Crippen LogP contribution in [0.15, 0.2) is 27.0 Å². The van der Waals surface area contributed by atoms with Gasteiger partial charge in [-0.25, -0.2) is 0 Å². The first-order valence-corrected chi connectivity index (χ1v) is 9.68. The van der Waals surface area contributed by atoms with Crippen LogP contribution in [-0.4, -0.2) is 54.2 Å². The average Bonchev–Trinajstić information content (AvgIpc) is 3.36. The summed E-state index contributed by atoms with van der Waals surface area (Å²) in [5.74, 6) is -0.156. The van der Waals surface area contributed by atoms with Crippen LogP contribution in [0.1, 0.15) is 24.6 Å². The molecule has 3 aromatic rings. The molecule has 32 heavy (non-hydrogen) atoms. The van der Waals surface area contributed by atoms with E-state index in [0.717, 1.165) is 0 Å². The van der Waals surface area contributed by atoms with Crippen molar-refractivity contribution in [1.29, 1.82) is 0 Å². The maximum atomic E-state index is 11.9. The van der Waals surface area contributed by atoms with Gasteiger partial charge in [-0.05, 0) is 18.2 Å². The number of carbonyl (C=O) groups is 2. The highest BCUT2D eigenvalue weighted by Crippen LogP contribution is 2.29. The zero-order valence-corrected chi connectivity index (χ0v) is 18.1. The van der Waals surface area contributed by atoms with Gasteiger partial charge >= 0.3 is 29.1 Å². The van der Waals surface area contributed by atoms with Crippen molar-refractivity contribution < 1.29 is 40.4 Å². The molecule has 16 heteroatoms. The zero-order valence-electron chi connectivity index (χ0n) is 16.5. The highest BCUT2D eigenvalue weighted by atomic mass is 32.1. The number of hydrogen-bond acceptors (Lipinski definition) is 12. The molecule has 0 unspecified atom stereocenters. The maximum absolute atomic E-state index is 11.9. The minimum absolute atomic E-state index is 0.145. The molecule has 2 heterocycles. The average molecular weight is 485 g/mol. The van der Waals surface area contributed by atoms with Crippen molar-refractivity contribution in [2.45, 2.75) is 26.7 Å². The molecule has 0 atom stereocenters. The largest absolute Gasteiger partial charge is 0.481 e. The van der Waals surface area contributed by atoms with Crippen molar-refractivity contribution in [2.24, 2.45) is 0 Å². The monoisotopic (exact) mass is 485 g/mol. The van der Waals surface area contributed by atoms with Crippen LogP contribution < -0.4 is 5.32 Å². The third-order valence-corrected chi connectivity index (χ3v) is 3.33. The minimum Gasteiger partial charge on any atom is -0.481 e. The molecule has 0 bridgehead atoms. The Morgan fingerprint density at radius 3 is 1.62 bits per heavy atom. The van der Waals surface area contributed by atoms with E-state index in [1.807, 2.05) is 0 Å². The van der Waals surface area contributed by atoms with Gasteiger partial charge in [-0.3, -0.25) is 9.59 Å². The molecular weight excluding hydrogens is 470 g/mol. The van der Waals surface area contributed by atoms with E-state index in [4.69, 9.17) is 30.8 Å². The summed E-state index contributed by atoms with van der Waals surface area (Å²) >= 11 is -1.50. The van der Waals surface area contributed by atoms with Crippen LogP contribution in [0, 0.1) is 13.8 Å². The van der Waals surface area contributed by atoms with Crippen LogP contribution in [0.4, 0.5) is 5.69 Å². The van der Waals surface area contributed by atoms with Crippen molar-refractivity contribution >= 4 is 40.7 Å². The molecule has 170 valence electrons. The van der Waals surface area contributed by atoms with Crippen molar-refractivity contribution in [3.63, 3.8) is 0 Å². The third kappa shape index (κ3) is 8.84. The van der Waals surface area contributed by atoms with E-state index in [0.29, 0.717) is 28.6 Å². The van der Waals surface area contributed by atoms with Crippen LogP contribution >= 0.6 is 0 Å². The van der Waals surface area contributed by atoms with Gasteiger partial charge < -0.3 is 19.3 Å². The Labute approximate surface area is 186 Å². The lowest BCUT2D eigenvalue weighted by Gasteiger charge is -2.08. The molecular formula is C16H15N5O9S2. The number of aromatic nitrogens is 4. The van der Waals surface area contributed by atoms with Gasteiger partial charge in [0.05, 0.1) is 6.42 Å². The van der Waals surface area contributed by atoms with Crippen molar-refractivity contribution in [2.75, 3.05) is 5.32 Å². The summed E-state index contributed by atoms with van der Waals surface area (Å²) in [6.07, 6.45) is -0.404. The number of aryl methyl sites for hydroxylation is 2. The first kappa shape index (κ1) is 26.1. The topological polar surface area (TPSA) is 213 Å². The Bertz CT molecular complexity index is 1080. The van der Waals surface area contributed by atoms with Crippen molar-refractivity contribution in [1.82, 2.24) is 20.4 Å². The molecule has 1 aromatic carbocycles. The first-order valence-electron chi connectivity index (χ1n) is 8.35. The Morgan fingerprint density at radius 2 is 1.28 bits per heavy atom. The van der Waals surface area contributed by atoms with Gasteiger partial charge in [0.25, 0.3) is 0 Å². The van der Waals surface area contributed by atoms with Crippen LogP contribution in [0.25, 0.3) is 22.9 Å². The molecule has 2 aromatic heterocycles. The predicted octanol–water partition coefficient (Wildman–Crippen LogP) is 0.866. The van der Waals surface area contributed by atoms with Crippen LogP contribution in [0.2, 0.25) is 0 Å². The number of anilines is 1. The summed E-state index contributed by atoms with van der Waals surface area (Å²) < 4.78 is 44.0. The van der Waals surface area contributed by atoms with Crippen LogP contribution in [0.5, 0.6) is 0 Å². The molecule has 0 aliphatic rings. The SMILES string of the molecule is Cc1nnc(-c2cc(NC(=O)CCC(=O)O)cc(-c3nnc(C)o3)c2)o1.O=S=O.O=S=O. The number of hydrogen-bond donors (Lipinski definition) is 2. The lowest BCUT2D eigenvalue weighted by Crippen LogP contribution is -2.13. The summed E-state index contributed by atoms with van der Waals surface area (Å²) in [7, 11) is 0. The smallest absolute Gasteiger partial charge is 0.335 e. The number of benzene rings is 1. The van der Waals surface area contributed by atoms with E-state index in [2.05, 4.69) is 25.7 Å². The Morgan fingerprint density at radius 1 is 0.844 bits per heavy atom. The molecule has 2 N–H and O–H groups in total. The van der Waals surface area contributed by atoms with Crippen LogP contribution in [0.3, 0.4) is 0 Å². The number of nitrogens with one attached hydrogen (secondary N) is 1. The summed E-state index contributed by atoms with van der Waals surface area (Å²) in [5.41, 5.74) is 1.51. The normalized spacial score (nSPS) is 9.44. The zero-order chi connectivity index (χ0) is 24.1. The Balaban J connectivity index is 0.000000769. The minimum atomic E-state index is -1.04. The number of carbonyl (C=O) groups excluding carboxylic acids is 1.